The minimum absolute atomic E-state index is 0.365. The van der Waals surface area contributed by atoms with Crippen molar-refractivity contribution in [1.82, 2.24) is 14.7 Å². The van der Waals surface area contributed by atoms with Crippen LogP contribution in [0.3, 0.4) is 0 Å². The summed E-state index contributed by atoms with van der Waals surface area (Å²) >= 11 is 0. The van der Waals surface area contributed by atoms with E-state index in [9.17, 15) is 4.79 Å². The van der Waals surface area contributed by atoms with Crippen molar-refractivity contribution in [1.29, 1.82) is 0 Å². The first-order valence-electron chi connectivity index (χ1n) is 6.16. The predicted molar refractivity (Wildman–Crippen MR) is 67.9 cm³/mol. The number of nitrogens with zero attached hydrogens (tertiary/aromatic N) is 3. The largest absolute Gasteiger partial charge is 0.444 e. The summed E-state index contributed by atoms with van der Waals surface area (Å²) in [6.07, 6.45) is 0.977. The first-order valence-corrected chi connectivity index (χ1v) is 6.16. The second kappa shape index (κ2) is 4.82. The van der Waals surface area contributed by atoms with Crippen molar-refractivity contribution in [3.63, 3.8) is 0 Å². The summed E-state index contributed by atoms with van der Waals surface area (Å²) in [5, 5.41) is 4.17. The van der Waals surface area contributed by atoms with E-state index in [1.165, 1.54) is 0 Å². The molecule has 1 aromatic rings. The van der Waals surface area contributed by atoms with Crippen molar-refractivity contribution in [2.75, 3.05) is 6.54 Å². The third-order valence-electron chi connectivity index (χ3n) is 2.98. The Morgan fingerprint density at radius 1 is 1.53 bits per heavy atom. The second-order valence-electron chi connectivity index (χ2n) is 5.66. The van der Waals surface area contributed by atoms with Crippen LogP contribution in [0.15, 0.2) is 6.20 Å². The van der Waals surface area contributed by atoms with Crippen molar-refractivity contribution in [2.24, 2.45) is 12.9 Å². The summed E-state index contributed by atoms with van der Waals surface area (Å²) in [6.45, 7) is 6.31. The monoisotopic (exact) mass is 268 g/mol. The van der Waals surface area contributed by atoms with Gasteiger partial charge in [-0.3, -0.25) is 14.4 Å². The highest BCUT2D eigenvalue weighted by Crippen LogP contribution is 2.28. The van der Waals surface area contributed by atoms with Gasteiger partial charge in [0, 0.05) is 12.6 Å². The zero-order chi connectivity index (χ0) is 14.2. The molecular weight excluding hydrogens is 248 g/mol. The number of rotatable bonds is 1. The molecule has 0 fully saturated rings. The van der Waals surface area contributed by atoms with Crippen LogP contribution in [-0.2, 0) is 23.2 Å². The van der Waals surface area contributed by atoms with Gasteiger partial charge in [-0.05, 0) is 20.8 Å². The molecule has 1 unspecified atom stereocenters. The molecule has 2 N–H and O–H groups in total. The number of hydrogen-bond acceptors (Lipinski definition) is 5. The molecular formula is C12H20N4O3. The zero-order valence-electron chi connectivity index (χ0n) is 11.7. The molecule has 106 valence electrons. The minimum Gasteiger partial charge on any atom is -0.444 e. The predicted octanol–water partition coefficient (Wildman–Crippen LogP) is 1.10. The van der Waals surface area contributed by atoms with Crippen LogP contribution in [0.2, 0.25) is 0 Å². The van der Waals surface area contributed by atoms with Gasteiger partial charge in [0.15, 0.2) is 0 Å². The highest BCUT2D eigenvalue weighted by atomic mass is 16.6. The summed E-state index contributed by atoms with van der Waals surface area (Å²) in [5.41, 5.74) is 1.31. The molecule has 1 aromatic heterocycles. The van der Waals surface area contributed by atoms with E-state index < -0.39 is 5.60 Å². The molecule has 1 aliphatic heterocycles. The van der Waals surface area contributed by atoms with Gasteiger partial charge in [0.1, 0.15) is 11.7 Å². The van der Waals surface area contributed by atoms with Crippen LogP contribution in [0.1, 0.15) is 38.1 Å². The van der Waals surface area contributed by atoms with Gasteiger partial charge in [-0.25, -0.2) is 10.7 Å². The van der Waals surface area contributed by atoms with E-state index in [1.54, 1.807) is 15.8 Å². The molecule has 0 saturated carbocycles. The molecule has 2 rings (SSSR count). The van der Waals surface area contributed by atoms with E-state index in [4.69, 9.17) is 15.5 Å². The highest BCUT2D eigenvalue weighted by molar-refractivity contribution is 5.68. The van der Waals surface area contributed by atoms with Gasteiger partial charge < -0.3 is 4.74 Å². The van der Waals surface area contributed by atoms with Crippen molar-refractivity contribution in [3.8, 4) is 0 Å². The van der Waals surface area contributed by atoms with Gasteiger partial charge >= 0.3 is 6.09 Å². The maximum atomic E-state index is 12.1. The molecule has 0 saturated heterocycles. The van der Waals surface area contributed by atoms with Crippen LogP contribution < -0.4 is 5.90 Å². The van der Waals surface area contributed by atoms with Gasteiger partial charge in [0.25, 0.3) is 0 Å². The molecule has 0 radical (unpaired) electrons. The normalized spacial score (nSPS) is 19.2. The third kappa shape index (κ3) is 2.87. The lowest BCUT2D eigenvalue weighted by Gasteiger charge is -2.33. The fourth-order valence-electron chi connectivity index (χ4n) is 2.07. The van der Waals surface area contributed by atoms with Gasteiger partial charge in [-0.1, -0.05) is 0 Å². The first kappa shape index (κ1) is 13.8. The number of hydrogen-bond donors (Lipinski definition) is 1. The van der Waals surface area contributed by atoms with Crippen molar-refractivity contribution in [2.45, 2.75) is 39.0 Å². The van der Waals surface area contributed by atoms with E-state index in [0.717, 1.165) is 11.3 Å². The first-order chi connectivity index (χ1) is 8.81. The smallest absolute Gasteiger partial charge is 0.410 e. The number of ether oxygens (including phenoxy) is 1. The molecule has 0 aliphatic carbocycles. The number of aromatic nitrogens is 2. The summed E-state index contributed by atoms with van der Waals surface area (Å²) < 4.78 is 7.08. The quantitative estimate of drug-likeness (QED) is 0.771. The van der Waals surface area contributed by atoms with Gasteiger partial charge in [-0.2, -0.15) is 5.10 Å². The summed E-state index contributed by atoms with van der Waals surface area (Å²) in [5.74, 6) is 5.30. The molecule has 7 heteroatoms. The molecule has 7 nitrogen and oxygen atoms in total. The molecule has 1 atom stereocenters. The molecule has 2 heterocycles. The van der Waals surface area contributed by atoms with Crippen molar-refractivity contribution >= 4 is 6.09 Å². The number of nitrogens with two attached hydrogens (primary N) is 1. The standard InChI is InChI=1S/C12H20N4O3/c1-12(2,3)18-11(17)16-6-9-8(5-14-15(9)4)10(7-16)19-13/h5,10H,6-7,13H2,1-4H3. The Morgan fingerprint density at radius 2 is 2.21 bits per heavy atom. The number of amides is 1. The lowest BCUT2D eigenvalue weighted by Crippen LogP contribution is -2.42. The molecule has 0 aromatic carbocycles. The minimum atomic E-state index is -0.525. The van der Waals surface area contributed by atoms with E-state index in [2.05, 4.69) is 5.10 Å². The van der Waals surface area contributed by atoms with E-state index >= 15 is 0 Å². The Bertz CT molecular complexity index is 478. The van der Waals surface area contributed by atoms with Crippen LogP contribution in [0.25, 0.3) is 0 Å². The summed E-state index contributed by atoms with van der Waals surface area (Å²) in [6, 6.07) is 0. The van der Waals surface area contributed by atoms with E-state index in [-0.39, 0.29) is 12.2 Å². The molecule has 19 heavy (non-hydrogen) atoms. The molecule has 0 spiro atoms. The van der Waals surface area contributed by atoms with Crippen LogP contribution in [-0.4, -0.2) is 32.9 Å². The average molecular weight is 268 g/mol. The Hall–Kier alpha value is -1.60. The Labute approximate surface area is 112 Å². The highest BCUT2D eigenvalue weighted by Gasteiger charge is 2.33. The van der Waals surface area contributed by atoms with Crippen LogP contribution >= 0.6 is 0 Å². The summed E-state index contributed by atoms with van der Waals surface area (Å²) in [7, 11) is 1.82. The number of fused-ring (bicyclic) bond motifs is 1. The van der Waals surface area contributed by atoms with Gasteiger partial charge in [0.05, 0.1) is 25.0 Å². The Morgan fingerprint density at radius 3 is 2.79 bits per heavy atom. The maximum Gasteiger partial charge on any atom is 0.410 e. The fraction of sp³-hybridized carbons (Fsp3) is 0.667. The molecule has 1 aliphatic rings. The Kier molecular flexibility index (Phi) is 3.51. The Balaban J connectivity index is 2.19. The molecule has 0 bridgehead atoms. The van der Waals surface area contributed by atoms with E-state index in [1.807, 2.05) is 27.8 Å². The van der Waals surface area contributed by atoms with E-state index in [0.29, 0.717) is 13.1 Å². The van der Waals surface area contributed by atoms with Gasteiger partial charge in [0.2, 0.25) is 0 Å². The van der Waals surface area contributed by atoms with Crippen LogP contribution in [0.5, 0.6) is 0 Å². The lowest BCUT2D eigenvalue weighted by atomic mass is 10.1. The third-order valence-corrected chi connectivity index (χ3v) is 2.98. The fourth-order valence-corrected chi connectivity index (χ4v) is 2.07. The zero-order valence-corrected chi connectivity index (χ0v) is 11.7. The number of carbonyl (C=O) groups is 1. The van der Waals surface area contributed by atoms with Crippen molar-refractivity contribution in [3.05, 3.63) is 17.5 Å². The van der Waals surface area contributed by atoms with Crippen LogP contribution in [0, 0.1) is 0 Å². The lowest BCUT2D eigenvalue weighted by molar-refractivity contribution is -0.0136. The molecule has 1 amide bonds. The average Bonchev–Trinajstić information content (AvgIpc) is 2.68. The van der Waals surface area contributed by atoms with Crippen LogP contribution in [0.4, 0.5) is 4.79 Å². The van der Waals surface area contributed by atoms with Crippen molar-refractivity contribution < 1.29 is 14.4 Å². The second-order valence-corrected chi connectivity index (χ2v) is 5.66. The topological polar surface area (TPSA) is 82.6 Å². The number of carbonyl (C=O) groups excluding carboxylic acids is 1. The summed E-state index contributed by atoms with van der Waals surface area (Å²) in [4.78, 5) is 18.6. The number of aryl methyl sites for hydroxylation is 1. The SMILES string of the molecule is Cn1ncc2c1CN(C(=O)OC(C)(C)C)CC2ON. The maximum absolute atomic E-state index is 12.1. The van der Waals surface area contributed by atoms with Gasteiger partial charge in [-0.15, -0.1) is 0 Å².